The molecule has 0 spiro atoms. The number of aliphatic imine (C=N–C) groups is 2. The Balaban J connectivity index is 1.50. The third-order valence-corrected chi connectivity index (χ3v) is 5.32. The Bertz CT molecular complexity index is 779. The molecular formula is C17H18ClN5S. The molecular weight excluding hydrogens is 342 g/mol. The van der Waals surface area contributed by atoms with Gasteiger partial charge in [-0.2, -0.15) is 0 Å². The number of benzene rings is 1. The Morgan fingerprint density at radius 1 is 1.33 bits per heavy atom. The molecule has 2 aliphatic heterocycles. The minimum Gasteiger partial charge on any atom is -0.398 e. The number of nitrogens with zero attached hydrogens (tertiary/aromatic N) is 2. The predicted molar refractivity (Wildman–Crippen MR) is 102 cm³/mol. The van der Waals surface area contributed by atoms with Crippen molar-refractivity contribution < 1.29 is 0 Å². The van der Waals surface area contributed by atoms with Gasteiger partial charge < -0.3 is 16.4 Å². The van der Waals surface area contributed by atoms with Gasteiger partial charge in [0.05, 0.1) is 16.4 Å². The smallest absolute Gasteiger partial charge is 0.218 e. The number of rotatable bonds is 3. The number of thioether (sulfide) groups is 1. The van der Waals surface area contributed by atoms with Crippen LogP contribution in [0, 0.1) is 0 Å². The lowest BCUT2D eigenvalue weighted by Crippen LogP contribution is -2.31. The maximum atomic E-state index is 6.37. The summed E-state index contributed by atoms with van der Waals surface area (Å²) in [4.78, 5) is 8.97. The molecule has 0 radical (unpaired) electrons. The van der Waals surface area contributed by atoms with Crippen molar-refractivity contribution in [2.24, 2.45) is 15.7 Å². The maximum absolute atomic E-state index is 6.37. The van der Waals surface area contributed by atoms with E-state index in [1.807, 2.05) is 35.9 Å². The SMILES string of the molecule is N/C(=C1\NC(c2ccccc2Cl)=CS1)C1CC=NC(NC2CC2)=N1. The number of halogens is 1. The number of nitrogens with one attached hydrogen (secondary N) is 2. The topological polar surface area (TPSA) is 74.8 Å². The Morgan fingerprint density at radius 3 is 2.96 bits per heavy atom. The van der Waals surface area contributed by atoms with E-state index in [1.54, 1.807) is 11.8 Å². The Hall–Kier alpha value is -1.92. The van der Waals surface area contributed by atoms with Crippen LogP contribution in [0.3, 0.4) is 0 Å². The van der Waals surface area contributed by atoms with Crippen molar-refractivity contribution in [2.45, 2.75) is 31.3 Å². The molecule has 1 saturated carbocycles. The zero-order valence-corrected chi connectivity index (χ0v) is 14.6. The van der Waals surface area contributed by atoms with Crippen LogP contribution in [0.2, 0.25) is 5.02 Å². The number of hydrogen-bond acceptors (Lipinski definition) is 6. The van der Waals surface area contributed by atoms with Gasteiger partial charge in [0.15, 0.2) is 0 Å². The summed E-state index contributed by atoms with van der Waals surface area (Å²) in [6, 6.07) is 8.21. The van der Waals surface area contributed by atoms with E-state index in [2.05, 4.69) is 20.6 Å². The second-order valence-electron chi connectivity index (χ2n) is 5.97. The summed E-state index contributed by atoms with van der Waals surface area (Å²) in [5, 5.41) is 10.4. The number of hydrogen-bond donors (Lipinski definition) is 3. The normalized spacial score (nSPS) is 25.0. The minimum atomic E-state index is -0.0854. The molecule has 124 valence electrons. The Kier molecular flexibility index (Phi) is 4.24. The monoisotopic (exact) mass is 359 g/mol. The summed E-state index contributed by atoms with van der Waals surface area (Å²) < 4.78 is 0. The van der Waals surface area contributed by atoms with Gasteiger partial charge in [0, 0.05) is 34.7 Å². The van der Waals surface area contributed by atoms with Gasteiger partial charge in [-0.3, -0.25) is 0 Å². The van der Waals surface area contributed by atoms with Crippen LogP contribution < -0.4 is 16.4 Å². The van der Waals surface area contributed by atoms with E-state index in [0.29, 0.717) is 12.0 Å². The lowest BCUT2D eigenvalue weighted by molar-refractivity contribution is 0.759. The highest BCUT2D eigenvalue weighted by molar-refractivity contribution is 8.06. The van der Waals surface area contributed by atoms with Gasteiger partial charge in [-0.15, -0.1) is 0 Å². The van der Waals surface area contributed by atoms with Crippen molar-refractivity contribution in [3.8, 4) is 0 Å². The minimum absolute atomic E-state index is 0.0854. The van der Waals surface area contributed by atoms with E-state index in [-0.39, 0.29) is 6.04 Å². The van der Waals surface area contributed by atoms with Crippen LogP contribution in [-0.4, -0.2) is 24.3 Å². The van der Waals surface area contributed by atoms with Crippen LogP contribution >= 0.6 is 23.4 Å². The molecule has 1 aromatic carbocycles. The molecule has 2 heterocycles. The van der Waals surface area contributed by atoms with Gasteiger partial charge in [-0.25, -0.2) is 9.98 Å². The summed E-state index contributed by atoms with van der Waals surface area (Å²) >= 11 is 7.84. The van der Waals surface area contributed by atoms with E-state index >= 15 is 0 Å². The third kappa shape index (κ3) is 3.30. The Labute approximate surface area is 150 Å². The van der Waals surface area contributed by atoms with Gasteiger partial charge in [0.2, 0.25) is 5.96 Å². The van der Waals surface area contributed by atoms with Crippen molar-refractivity contribution in [1.82, 2.24) is 10.6 Å². The second-order valence-corrected chi connectivity index (χ2v) is 7.26. The number of nitrogens with two attached hydrogens (primary N) is 1. The molecule has 1 unspecified atom stereocenters. The van der Waals surface area contributed by atoms with Crippen LogP contribution in [-0.2, 0) is 0 Å². The van der Waals surface area contributed by atoms with Gasteiger partial charge in [0.1, 0.15) is 6.04 Å². The first-order valence-corrected chi connectivity index (χ1v) is 9.22. The van der Waals surface area contributed by atoms with Crippen LogP contribution in [0.15, 0.2) is 50.4 Å². The first-order chi connectivity index (χ1) is 11.7. The van der Waals surface area contributed by atoms with E-state index in [4.69, 9.17) is 17.3 Å². The van der Waals surface area contributed by atoms with Crippen molar-refractivity contribution in [1.29, 1.82) is 0 Å². The largest absolute Gasteiger partial charge is 0.398 e. The molecule has 0 saturated heterocycles. The predicted octanol–water partition coefficient (Wildman–Crippen LogP) is 3.05. The lowest BCUT2D eigenvalue weighted by atomic mass is 10.1. The molecule has 24 heavy (non-hydrogen) atoms. The van der Waals surface area contributed by atoms with E-state index in [1.165, 1.54) is 12.8 Å². The van der Waals surface area contributed by atoms with Crippen LogP contribution in [0.4, 0.5) is 0 Å². The molecule has 4 N–H and O–H groups in total. The van der Waals surface area contributed by atoms with E-state index < -0.39 is 0 Å². The van der Waals surface area contributed by atoms with Crippen LogP contribution in [0.25, 0.3) is 5.70 Å². The van der Waals surface area contributed by atoms with E-state index in [0.717, 1.165) is 33.4 Å². The molecule has 1 aromatic rings. The average molecular weight is 360 g/mol. The van der Waals surface area contributed by atoms with Crippen LogP contribution in [0.5, 0.6) is 0 Å². The third-order valence-electron chi connectivity index (χ3n) is 4.06. The molecule has 4 rings (SSSR count). The molecule has 1 fully saturated rings. The summed E-state index contributed by atoms with van der Waals surface area (Å²) in [7, 11) is 0. The molecule has 1 aliphatic carbocycles. The fraction of sp³-hybridized carbons (Fsp3) is 0.294. The highest BCUT2D eigenvalue weighted by atomic mass is 35.5. The number of guanidine groups is 1. The highest BCUT2D eigenvalue weighted by Crippen LogP contribution is 2.35. The van der Waals surface area contributed by atoms with Gasteiger partial charge in [0.25, 0.3) is 0 Å². The fourth-order valence-electron chi connectivity index (χ4n) is 2.56. The maximum Gasteiger partial charge on any atom is 0.218 e. The average Bonchev–Trinajstić information content (AvgIpc) is 3.27. The van der Waals surface area contributed by atoms with Gasteiger partial charge in [-0.05, 0) is 18.9 Å². The molecule has 7 heteroatoms. The molecule has 0 aromatic heterocycles. The molecule has 0 bridgehead atoms. The zero-order valence-electron chi connectivity index (χ0n) is 13.0. The molecule has 3 aliphatic rings. The van der Waals surface area contributed by atoms with E-state index in [9.17, 15) is 0 Å². The van der Waals surface area contributed by atoms with Crippen molar-refractivity contribution in [3.63, 3.8) is 0 Å². The van der Waals surface area contributed by atoms with Crippen molar-refractivity contribution in [2.75, 3.05) is 0 Å². The second kappa shape index (κ2) is 6.53. The first kappa shape index (κ1) is 15.6. The zero-order chi connectivity index (χ0) is 16.5. The summed E-state index contributed by atoms with van der Waals surface area (Å²) in [6.45, 7) is 0. The molecule has 0 amide bonds. The van der Waals surface area contributed by atoms with Crippen molar-refractivity contribution in [3.05, 3.63) is 51.0 Å². The highest BCUT2D eigenvalue weighted by Gasteiger charge is 2.26. The van der Waals surface area contributed by atoms with Crippen molar-refractivity contribution >= 4 is 41.2 Å². The van der Waals surface area contributed by atoms with Gasteiger partial charge >= 0.3 is 0 Å². The summed E-state index contributed by atoms with van der Waals surface area (Å²) in [5.41, 5.74) is 9.05. The lowest BCUT2D eigenvalue weighted by Gasteiger charge is -2.18. The quantitative estimate of drug-likeness (QED) is 0.775. The Morgan fingerprint density at radius 2 is 2.17 bits per heavy atom. The van der Waals surface area contributed by atoms with Gasteiger partial charge in [-0.1, -0.05) is 41.6 Å². The standard InChI is InChI=1S/C17H18ClN5S/c18-12-4-2-1-3-11(12)14-9-24-16(22-14)15(19)13-7-8-20-17(23-13)21-10-5-6-10/h1-4,8-10,13,22H,5-7,19H2,(H,21,23)/b16-15+. The first-order valence-electron chi connectivity index (χ1n) is 7.96. The molecule has 1 atom stereocenters. The van der Waals surface area contributed by atoms with Crippen LogP contribution in [0.1, 0.15) is 24.8 Å². The molecule has 5 nitrogen and oxygen atoms in total. The summed E-state index contributed by atoms with van der Waals surface area (Å²) in [5.74, 6) is 0.694. The fourth-order valence-corrected chi connectivity index (χ4v) is 3.66. The summed E-state index contributed by atoms with van der Waals surface area (Å²) in [6.07, 6.45) is 4.99.